The molecule has 0 saturated carbocycles. The van der Waals surface area contributed by atoms with E-state index in [0.29, 0.717) is 18.8 Å². The van der Waals surface area contributed by atoms with Crippen LogP contribution in [0.15, 0.2) is 18.2 Å². The Balaban J connectivity index is 1.98. The van der Waals surface area contributed by atoms with Gasteiger partial charge in [-0.25, -0.2) is 0 Å². The summed E-state index contributed by atoms with van der Waals surface area (Å²) in [6, 6.07) is 5.73. The molecule has 5 nitrogen and oxygen atoms in total. The summed E-state index contributed by atoms with van der Waals surface area (Å²) in [6.07, 6.45) is 2.02. The third-order valence-corrected chi connectivity index (χ3v) is 3.79. The molecule has 5 heteroatoms. The monoisotopic (exact) mass is 304 g/mol. The summed E-state index contributed by atoms with van der Waals surface area (Å²) in [6.45, 7) is 7.51. The van der Waals surface area contributed by atoms with Gasteiger partial charge in [-0.05, 0) is 56.9 Å². The molecule has 1 fully saturated rings. The van der Waals surface area contributed by atoms with Crippen LogP contribution in [0.2, 0.25) is 0 Å². The number of likely N-dealkylation sites (N-methyl/N-ethyl adjacent to an activating group) is 1. The fraction of sp³-hybridized carbons (Fsp3) is 0.529. The number of benzene rings is 1. The molecule has 1 N–H and O–H groups in total. The van der Waals surface area contributed by atoms with Crippen molar-refractivity contribution in [1.82, 2.24) is 4.90 Å². The van der Waals surface area contributed by atoms with Crippen LogP contribution in [0, 0.1) is 13.8 Å². The van der Waals surface area contributed by atoms with Crippen LogP contribution < -0.4 is 5.32 Å². The lowest BCUT2D eigenvalue weighted by Crippen LogP contribution is -2.43. The van der Waals surface area contributed by atoms with Crippen molar-refractivity contribution in [3.8, 4) is 0 Å². The lowest BCUT2D eigenvalue weighted by atomic mass is 10.1. The molecule has 0 aliphatic carbocycles. The Kier molecular flexibility index (Phi) is 5.55. The predicted molar refractivity (Wildman–Crippen MR) is 85.8 cm³/mol. The van der Waals surface area contributed by atoms with Gasteiger partial charge in [-0.3, -0.25) is 9.59 Å². The van der Waals surface area contributed by atoms with E-state index in [0.717, 1.165) is 30.6 Å². The molecule has 1 saturated heterocycles. The van der Waals surface area contributed by atoms with Gasteiger partial charge in [0.1, 0.15) is 0 Å². The molecule has 22 heavy (non-hydrogen) atoms. The Labute approximate surface area is 131 Å². The Morgan fingerprint density at radius 1 is 1.27 bits per heavy atom. The fourth-order valence-electron chi connectivity index (χ4n) is 2.76. The number of rotatable bonds is 4. The molecule has 0 aromatic heterocycles. The summed E-state index contributed by atoms with van der Waals surface area (Å²) in [5.41, 5.74) is 2.76. The van der Waals surface area contributed by atoms with E-state index >= 15 is 0 Å². The minimum Gasteiger partial charge on any atom is -0.376 e. The van der Waals surface area contributed by atoms with Gasteiger partial charge in [0.2, 0.25) is 0 Å². The maximum absolute atomic E-state index is 12.3. The minimum atomic E-state index is -0.593. The summed E-state index contributed by atoms with van der Waals surface area (Å²) in [5, 5.41) is 2.69. The van der Waals surface area contributed by atoms with Gasteiger partial charge in [0.15, 0.2) is 0 Å². The highest BCUT2D eigenvalue weighted by Crippen LogP contribution is 2.15. The van der Waals surface area contributed by atoms with Crippen LogP contribution in [0.5, 0.6) is 0 Å². The van der Waals surface area contributed by atoms with Crippen LogP contribution in [-0.4, -0.2) is 42.5 Å². The molecule has 1 aromatic rings. The number of nitrogens with one attached hydrogen (secondary N) is 1. The second-order valence-electron chi connectivity index (χ2n) is 5.81. The Hall–Kier alpha value is -1.88. The van der Waals surface area contributed by atoms with Gasteiger partial charge in [0.05, 0.1) is 6.10 Å². The third-order valence-electron chi connectivity index (χ3n) is 3.79. The van der Waals surface area contributed by atoms with Gasteiger partial charge in [-0.2, -0.15) is 0 Å². The molecular formula is C17H24N2O3. The van der Waals surface area contributed by atoms with E-state index in [-0.39, 0.29) is 6.10 Å². The van der Waals surface area contributed by atoms with E-state index in [2.05, 4.69) is 5.32 Å². The third kappa shape index (κ3) is 4.31. The van der Waals surface area contributed by atoms with Crippen LogP contribution >= 0.6 is 0 Å². The molecule has 1 aliphatic heterocycles. The van der Waals surface area contributed by atoms with Gasteiger partial charge in [0.25, 0.3) is 0 Å². The zero-order chi connectivity index (χ0) is 16.1. The van der Waals surface area contributed by atoms with Crippen molar-refractivity contribution in [3.63, 3.8) is 0 Å². The van der Waals surface area contributed by atoms with E-state index < -0.39 is 11.8 Å². The number of hydrogen-bond donors (Lipinski definition) is 1. The fourth-order valence-corrected chi connectivity index (χ4v) is 2.76. The number of anilines is 1. The second-order valence-corrected chi connectivity index (χ2v) is 5.81. The van der Waals surface area contributed by atoms with Gasteiger partial charge in [-0.1, -0.05) is 6.07 Å². The smallest absolute Gasteiger partial charge is 0.313 e. The topological polar surface area (TPSA) is 58.6 Å². The van der Waals surface area contributed by atoms with Crippen molar-refractivity contribution in [2.45, 2.75) is 39.7 Å². The van der Waals surface area contributed by atoms with Crippen molar-refractivity contribution >= 4 is 17.5 Å². The molecule has 0 radical (unpaired) electrons. The van der Waals surface area contributed by atoms with E-state index in [1.807, 2.05) is 39.0 Å². The molecule has 120 valence electrons. The van der Waals surface area contributed by atoms with Crippen molar-refractivity contribution in [2.75, 3.05) is 25.0 Å². The van der Waals surface area contributed by atoms with Crippen LogP contribution in [0.25, 0.3) is 0 Å². The second kappa shape index (κ2) is 7.40. The molecule has 1 atom stereocenters. The maximum atomic E-state index is 12.3. The number of nitrogens with zero attached hydrogens (tertiary/aromatic N) is 1. The molecule has 0 spiro atoms. The SMILES string of the molecule is CCN(CC1CCCO1)C(=O)C(=O)Nc1cc(C)cc(C)c1. The lowest BCUT2D eigenvalue weighted by Gasteiger charge is -2.23. The van der Waals surface area contributed by atoms with E-state index in [1.165, 1.54) is 0 Å². The number of carbonyl (C=O) groups excluding carboxylic acids is 2. The first-order valence-electron chi connectivity index (χ1n) is 7.79. The van der Waals surface area contributed by atoms with E-state index in [4.69, 9.17) is 4.74 Å². The zero-order valence-electron chi connectivity index (χ0n) is 13.5. The van der Waals surface area contributed by atoms with Crippen molar-refractivity contribution in [1.29, 1.82) is 0 Å². The summed E-state index contributed by atoms with van der Waals surface area (Å²) in [4.78, 5) is 26.0. The highest BCUT2D eigenvalue weighted by atomic mass is 16.5. The van der Waals surface area contributed by atoms with Crippen LogP contribution in [0.3, 0.4) is 0 Å². The summed E-state index contributed by atoms with van der Waals surface area (Å²) in [7, 11) is 0. The highest BCUT2D eigenvalue weighted by molar-refractivity contribution is 6.39. The largest absolute Gasteiger partial charge is 0.376 e. The average Bonchev–Trinajstić information content (AvgIpc) is 2.95. The van der Waals surface area contributed by atoms with Crippen LogP contribution in [-0.2, 0) is 14.3 Å². The van der Waals surface area contributed by atoms with Crippen molar-refractivity contribution in [2.24, 2.45) is 0 Å². The van der Waals surface area contributed by atoms with Gasteiger partial charge >= 0.3 is 11.8 Å². The van der Waals surface area contributed by atoms with Gasteiger partial charge in [0, 0.05) is 25.4 Å². The molecule has 1 aliphatic rings. The molecule has 1 unspecified atom stereocenters. The standard InChI is InChI=1S/C17H24N2O3/c1-4-19(11-15-6-5-7-22-15)17(21)16(20)18-14-9-12(2)8-13(3)10-14/h8-10,15H,4-7,11H2,1-3H3,(H,18,20). The molecule has 0 bridgehead atoms. The van der Waals surface area contributed by atoms with Gasteiger partial charge in [-0.15, -0.1) is 0 Å². The zero-order valence-corrected chi connectivity index (χ0v) is 13.5. The quantitative estimate of drug-likeness (QED) is 0.868. The maximum Gasteiger partial charge on any atom is 0.313 e. The van der Waals surface area contributed by atoms with E-state index in [1.54, 1.807) is 4.90 Å². The van der Waals surface area contributed by atoms with Crippen molar-refractivity contribution < 1.29 is 14.3 Å². The first kappa shape index (κ1) is 16.5. The lowest BCUT2D eigenvalue weighted by molar-refractivity contribution is -0.144. The normalized spacial score (nSPS) is 17.3. The summed E-state index contributed by atoms with van der Waals surface area (Å²) >= 11 is 0. The molecule has 2 amide bonds. The van der Waals surface area contributed by atoms with Crippen LogP contribution in [0.1, 0.15) is 30.9 Å². The number of hydrogen-bond acceptors (Lipinski definition) is 3. The number of ether oxygens (including phenoxy) is 1. The Morgan fingerprint density at radius 3 is 2.50 bits per heavy atom. The molecule has 1 aromatic carbocycles. The molecule has 2 rings (SSSR count). The summed E-state index contributed by atoms with van der Waals surface area (Å²) in [5.74, 6) is -1.10. The molecular weight excluding hydrogens is 280 g/mol. The highest BCUT2D eigenvalue weighted by Gasteiger charge is 2.25. The number of aryl methyl sites for hydroxylation is 2. The first-order valence-corrected chi connectivity index (χ1v) is 7.79. The van der Waals surface area contributed by atoms with Gasteiger partial charge < -0.3 is 15.0 Å². The van der Waals surface area contributed by atoms with E-state index in [9.17, 15) is 9.59 Å². The Bertz CT molecular complexity index is 531. The van der Waals surface area contributed by atoms with Crippen LogP contribution in [0.4, 0.5) is 5.69 Å². The predicted octanol–water partition coefficient (Wildman–Crippen LogP) is 2.27. The number of carbonyl (C=O) groups is 2. The summed E-state index contributed by atoms with van der Waals surface area (Å²) < 4.78 is 5.54. The number of amides is 2. The molecule has 1 heterocycles. The Morgan fingerprint density at radius 2 is 1.95 bits per heavy atom. The average molecular weight is 304 g/mol. The minimum absolute atomic E-state index is 0.0536. The van der Waals surface area contributed by atoms with Crippen molar-refractivity contribution in [3.05, 3.63) is 29.3 Å². The first-order chi connectivity index (χ1) is 10.5.